The molecule has 0 aliphatic carbocycles. The summed E-state index contributed by atoms with van der Waals surface area (Å²) in [6.07, 6.45) is 3.24. The quantitative estimate of drug-likeness (QED) is 0.705. The van der Waals surface area contributed by atoms with E-state index in [0.717, 1.165) is 12.8 Å². The minimum Gasteiger partial charge on any atom is -0.477 e. The summed E-state index contributed by atoms with van der Waals surface area (Å²) in [5.41, 5.74) is 6.02. The number of nitrogens with zero attached hydrogens (tertiary/aromatic N) is 1. The molecule has 0 spiro atoms. The molecule has 0 aliphatic rings. The fourth-order valence-corrected chi connectivity index (χ4v) is 1.40. The Morgan fingerprint density at radius 2 is 2.22 bits per heavy atom. The molecular weight excluding hydrogens is 234 g/mol. The van der Waals surface area contributed by atoms with Crippen molar-refractivity contribution in [1.29, 1.82) is 0 Å². The zero-order valence-electron chi connectivity index (χ0n) is 10.2. The minimum absolute atomic E-state index is 0.0510. The standard InChI is InChI=1S/C12H17N3O3/c1-8(13)3-2-4-11(16)15-9-5-6-10(12(17)18)14-7-9/h5-8H,2-4,13H2,1H3,(H,15,16)(H,17,18). The molecule has 0 saturated heterocycles. The first-order valence-corrected chi connectivity index (χ1v) is 5.74. The van der Waals surface area contributed by atoms with Crippen molar-refractivity contribution in [3.63, 3.8) is 0 Å². The van der Waals surface area contributed by atoms with Gasteiger partial charge in [0.1, 0.15) is 5.69 Å². The summed E-state index contributed by atoms with van der Waals surface area (Å²) in [4.78, 5) is 25.8. The third-order valence-corrected chi connectivity index (χ3v) is 2.33. The highest BCUT2D eigenvalue weighted by atomic mass is 16.4. The molecule has 1 aromatic heterocycles. The van der Waals surface area contributed by atoms with Crippen LogP contribution in [0.15, 0.2) is 18.3 Å². The number of aromatic nitrogens is 1. The number of rotatable bonds is 6. The van der Waals surface area contributed by atoms with Crippen LogP contribution in [0.5, 0.6) is 0 Å². The molecule has 0 fully saturated rings. The molecule has 18 heavy (non-hydrogen) atoms. The van der Waals surface area contributed by atoms with Gasteiger partial charge in [-0.3, -0.25) is 4.79 Å². The van der Waals surface area contributed by atoms with E-state index in [1.54, 1.807) is 0 Å². The molecule has 0 saturated carbocycles. The number of nitrogens with two attached hydrogens (primary N) is 1. The van der Waals surface area contributed by atoms with Gasteiger partial charge in [-0.25, -0.2) is 9.78 Å². The number of anilines is 1. The lowest BCUT2D eigenvalue weighted by molar-refractivity contribution is -0.116. The van der Waals surface area contributed by atoms with Crippen molar-refractivity contribution in [3.8, 4) is 0 Å². The van der Waals surface area contributed by atoms with Crippen molar-refractivity contribution in [3.05, 3.63) is 24.0 Å². The van der Waals surface area contributed by atoms with E-state index in [0.29, 0.717) is 12.1 Å². The van der Waals surface area contributed by atoms with Crippen LogP contribution in [0.4, 0.5) is 5.69 Å². The maximum atomic E-state index is 11.5. The molecule has 1 rings (SSSR count). The Morgan fingerprint density at radius 3 is 2.72 bits per heavy atom. The van der Waals surface area contributed by atoms with Crippen molar-refractivity contribution in [1.82, 2.24) is 4.98 Å². The molecule has 0 bridgehead atoms. The number of carboxylic acid groups (broad SMARTS) is 1. The molecule has 1 aromatic rings. The van der Waals surface area contributed by atoms with Crippen LogP contribution in [0.25, 0.3) is 0 Å². The topological polar surface area (TPSA) is 105 Å². The molecule has 4 N–H and O–H groups in total. The first kappa shape index (κ1) is 14.1. The highest BCUT2D eigenvalue weighted by molar-refractivity contribution is 5.91. The molecule has 1 atom stereocenters. The lowest BCUT2D eigenvalue weighted by Gasteiger charge is -2.06. The van der Waals surface area contributed by atoms with Crippen LogP contribution in [0.1, 0.15) is 36.7 Å². The maximum Gasteiger partial charge on any atom is 0.354 e. The van der Waals surface area contributed by atoms with Crippen molar-refractivity contribution < 1.29 is 14.7 Å². The molecule has 0 aromatic carbocycles. The van der Waals surface area contributed by atoms with Gasteiger partial charge in [0.25, 0.3) is 0 Å². The molecule has 1 unspecified atom stereocenters. The van der Waals surface area contributed by atoms with Gasteiger partial charge >= 0.3 is 5.97 Å². The minimum atomic E-state index is -1.09. The molecular formula is C12H17N3O3. The third-order valence-electron chi connectivity index (χ3n) is 2.33. The number of carboxylic acids is 1. The van der Waals surface area contributed by atoms with Crippen LogP contribution < -0.4 is 11.1 Å². The summed E-state index contributed by atoms with van der Waals surface area (Å²) in [6.45, 7) is 1.90. The van der Waals surface area contributed by atoms with Crippen LogP contribution in [-0.2, 0) is 4.79 Å². The second kappa shape index (κ2) is 6.70. The smallest absolute Gasteiger partial charge is 0.354 e. The van der Waals surface area contributed by atoms with Gasteiger partial charge in [0.15, 0.2) is 0 Å². The van der Waals surface area contributed by atoms with Gasteiger partial charge in [-0.15, -0.1) is 0 Å². The maximum absolute atomic E-state index is 11.5. The zero-order valence-corrected chi connectivity index (χ0v) is 10.2. The summed E-state index contributed by atoms with van der Waals surface area (Å²) < 4.78 is 0. The van der Waals surface area contributed by atoms with E-state index in [2.05, 4.69) is 10.3 Å². The highest BCUT2D eigenvalue weighted by Gasteiger charge is 2.06. The first-order chi connectivity index (χ1) is 8.49. The monoisotopic (exact) mass is 251 g/mol. The van der Waals surface area contributed by atoms with Gasteiger partial charge in [-0.2, -0.15) is 0 Å². The van der Waals surface area contributed by atoms with Gasteiger partial charge in [0.05, 0.1) is 11.9 Å². The van der Waals surface area contributed by atoms with Crippen LogP contribution >= 0.6 is 0 Å². The Bertz CT molecular complexity index is 415. The Labute approximate surface area is 105 Å². The van der Waals surface area contributed by atoms with E-state index in [1.807, 2.05) is 6.92 Å². The fourth-order valence-electron chi connectivity index (χ4n) is 1.40. The molecule has 6 heteroatoms. The first-order valence-electron chi connectivity index (χ1n) is 5.74. The van der Waals surface area contributed by atoms with Crippen molar-refractivity contribution >= 4 is 17.6 Å². The van der Waals surface area contributed by atoms with Gasteiger partial charge in [-0.1, -0.05) is 0 Å². The lowest BCUT2D eigenvalue weighted by Crippen LogP contribution is -2.17. The SMILES string of the molecule is CC(N)CCCC(=O)Nc1ccc(C(=O)O)nc1. The van der Waals surface area contributed by atoms with Crippen LogP contribution in [0.3, 0.4) is 0 Å². The normalized spacial score (nSPS) is 11.9. The summed E-state index contributed by atoms with van der Waals surface area (Å²) in [5.74, 6) is -1.22. The van der Waals surface area contributed by atoms with Crippen molar-refractivity contribution in [2.75, 3.05) is 5.32 Å². The van der Waals surface area contributed by atoms with Crippen molar-refractivity contribution in [2.24, 2.45) is 5.73 Å². The van der Waals surface area contributed by atoms with E-state index in [4.69, 9.17) is 10.8 Å². The summed E-state index contributed by atoms with van der Waals surface area (Å²) >= 11 is 0. The van der Waals surface area contributed by atoms with Gasteiger partial charge in [0, 0.05) is 12.5 Å². The third kappa shape index (κ3) is 4.92. The number of hydrogen-bond acceptors (Lipinski definition) is 4. The van der Waals surface area contributed by atoms with Gasteiger partial charge in [-0.05, 0) is 31.9 Å². The van der Waals surface area contributed by atoms with Gasteiger partial charge < -0.3 is 16.2 Å². The van der Waals surface area contributed by atoms with E-state index in [-0.39, 0.29) is 17.6 Å². The van der Waals surface area contributed by atoms with E-state index < -0.39 is 5.97 Å². The fraction of sp³-hybridized carbons (Fsp3) is 0.417. The number of nitrogens with one attached hydrogen (secondary N) is 1. The summed E-state index contributed by atoms with van der Waals surface area (Å²) in [5, 5.41) is 11.3. The van der Waals surface area contributed by atoms with Crippen LogP contribution in [0.2, 0.25) is 0 Å². The molecule has 1 heterocycles. The summed E-state index contributed by atoms with van der Waals surface area (Å²) in [6, 6.07) is 2.95. The Morgan fingerprint density at radius 1 is 1.50 bits per heavy atom. The Kier molecular flexibility index (Phi) is 5.26. The van der Waals surface area contributed by atoms with E-state index >= 15 is 0 Å². The average Bonchev–Trinajstić information content (AvgIpc) is 2.29. The molecule has 0 aliphatic heterocycles. The lowest BCUT2D eigenvalue weighted by atomic mass is 10.1. The average molecular weight is 251 g/mol. The van der Waals surface area contributed by atoms with Gasteiger partial charge in [0.2, 0.25) is 5.91 Å². The molecule has 0 radical (unpaired) electrons. The molecule has 6 nitrogen and oxygen atoms in total. The van der Waals surface area contributed by atoms with E-state index in [9.17, 15) is 9.59 Å². The zero-order chi connectivity index (χ0) is 13.5. The largest absolute Gasteiger partial charge is 0.477 e. The predicted molar refractivity (Wildman–Crippen MR) is 67.3 cm³/mol. The van der Waals surface area contributed by atoms with Crippen LogP contribution in [0, 0.1) is 0 Å². The number of aromatic carboxylic acids is 1. The van der Waals surface area contributed by atoms with E-state index in [1.165, 1.54) is 18.3 Å². The number of pyridine rings is 1. The summed E-state index contributed by atoms with van der Waals surface area (Å²) in [7, 11) is 0. The number of amides is 1. The van der Waals surface area contributed by atoms with Crippen LogP contribution in [-0.4, -0.2) is 28.0 Å². The highest BCUT2D eigenvalue weighted by Crippen LogP contribution is 2.08. The predicted octanol–water partition coefficient (Wildman–Crippen LogP) is 1.24. The molecule has 98 valence electrons. The number of carbonyl (C=O) groups is 2. The second-order valence-electron chi connectivity index (χ2n) is 4.15. The van der Waals surface area contributed by atoms with Crippen molar-refractivity contribution in [2.45, 2.75) is 32.2 Å². The molecule has 1 amide bonds. The number of hydrogen-bond donors (Lipinski definition) is 3. The Balaban J connectivity index is 2.42. The Hall–Kier alpha value is -1.95. The second-order valence-corrected chi connectivity index (χ2v) is 4.15. The number of carbonyl (C=O) groups excluding carboxylic acids is 1.